The first-order valence-corrected chi connectivity index (χ1v) is 9.47. The van der Waals surface area contributed by atoms with Crippen molar-refractivity contribution in [2.24, 2.45) is 5.92 Å². The molecule has 0 saturated heterocycles. The van der Waals surface area contributed by atoms with E-state index in [1.807, 2.05) is 6.08 Å². The number of non-ortho nitro benzene ring substituents is 1. The summed E-state index contributed by atoms with van der Waals surface area (Å²) in [5.41, 5.74) is 2.78. The number of anilines is 1. The van der Waals surface area contributed by atoms with E-state index in [-0.39, 0.29) is 17.8 Å². The third-order valence-electron chi connectivity index (χ3n) is 4.87. The van der Waals surface area contributed by atoms with E-state index in [4.69, 9.17) is 0 Å². The zero-order valence-corrected chi connectivity index (χ0v) is 15.1. The molecule has 0 radical (unpaired) electrons. The molecule has 26 heavy (non-hydrogen) atoms. The van der Waals surface area contributed by atoms with Crippen molar-refractivity contribution >= 4 is 34.0 Å². The van der Waals surface area contributed by atoms with Crippen LogP contribution in [0.5, 0.6) is 0 Å². The van der Waals surface area contributed by atoms with Gasteiger partial charge in [0.25, 0.3) is 11.6 Å². The smallest absolute Gasteiger partial charge is 0.270 e. The van der Waals surface area contributed by atoms with Crippen molar-refractivity contribution in [2.75, 3.05) is 5.32 Å². The quantitative estimate of drug-likeness (QED) is 0.633. The number of benzene rings is 1. The van der Waals surface area contributed by atoms with Crippen LogP contribution in [0, 0.1) is 16.0 Å². The van der Waals surface area contributed by atoms with Gasteiger partial charge in [0.15, 0.2) is 0 Å². The number of hydrogen-bond donors (Lipinski definition) is 2. The fourth-order valence-corrected chi connectivity index (χ4v) is 4.97. The number of rotatable bonds is 3. The minimum atomic E-state index is -0.415. The summed E-state index contributed by atoms with van der Waals surface area (Å²) in [5, 5.41) is 18.1. The van der Waals surface area contributed by atoms with E-state index in [0.717, 1.165) is 35.4 Å². The van der Waals surface area contributed by atoms with Gasteiger partial charge in [-0.25, -0.2) is 0 Å². The van der Waals surface area contributed by atoms with Crippen LogP contribution in [-0.4, -0.2) is 17.0 Å². The molecule has 6 nitrogen and oxygen atoms in total. The average molecular weight is 369 g/mol. The molecule has 2 heterocycles. The Morgan fingerprint density at radius 3 is 3.00 bits per heavy atom. The van der Waals surface area contributed by atoms with Crippen LogP contribution in [0.1, 0.15) is 39.7 Å². The number of hydrogen-bond acceptors (Lipinski definition) is 5. The SMILES string of the molecule is C[C@H]1CCc2c(sc3c2C(=O)N[C@@H](/C=C/c2cccc([N+](=O)[O-])c2)N3)C1. The first-order valence-electron chi connectivity index (χ1n) is 8.66. The van der Waals surface area contributed by atoms with Crippen molar-refractivity contribution in [3.63, 3.8) is 0 Å². The number of nitro benzene ring substituents is 1. The van der Waals surface area contributed by atoms with Crippen LogP contribution >= 0.6 is 11.3 Å². The summed E-state index contributed by atoms with van der Waals surface area (Å²) in [6.07, 6.45) is 6.40. The van der Waals surface area contributed by atoms with Gasteiger partial charge in [-0.2, -0.15) is 0 Å². The summed E-state index contributed by atoms with van der Waals surface area (Å²) < 4.78 is 0. The molecule has 2 N–H and O–H groups in total. The molecule has 134 valence electrons. The number of carbonyl (C=O) groups is 1. The standard InChI is InChI=1S/C19H19N3O3S/c1-11-5-7-14-15(9-11)26-19-17(14)18(23)20-16(21-19)8-6-12-3-2-4-13(10-12)22(24)25/h2-4,6,8,10-11,16,21H,5,7,9H2,1H3,(H,20,23)/b8-6+/t11-,16+/m0/s1. The second kappa shape index (κ2) is 6.57. The number of fused-ring (bicyclic) bond motifs is 3. The molecular formula is C19H19N3O3S. The van der Waals surface area contributed by atoms with Crippen LogP contribution in [0.25, 0.3) is 6.08 Å². The van der Waals surface area contributed by atoms with Crippen LogP contribution in [0.4, 0.5) is 10.7 Å². The number of carbonyl (C=O) groups excluding carboxylic acids is 1. The van der Waals surface area contributed by atoms with E-state index in [2.05, 4.69) is 17.6 Å². The van der Waals surface area contributed by atoms with Crippen LogP contribution in [0.15, 0.2) is 30.3 Å². The van der Waals surface area contributed by atoms with Crippen molar-refractivity contribution in [3.05, 3.63) is 62.0 Å². The minimum absolute atomic E-state index is 0.0421. The highest BCUT2D eigenvalue weighted by Crippen LogP contribution is 2.41. The first kappa shape index (κ1) is 16.8. The normalized spacial score (nSPS) is 21.7. The number of nitro groups is 1. The summed E-state index contributed by atoms with van der Waals surface area (Å²) in [5.74, 6) is 0.620. The summed E-state index contributed by atoms with van der Waals surface area (Å²) in [4.78, 5) is 24.4. The van der Waals surface area contributed by atoms with E-state index in [9.17, 15) is 14.9 Å². The predicted octanol–water partition coefficient (Wildman–Crippen LogP) is 3.98. The van der Waals surface area contributed by atoms with Crippen molar-refractivity contribution in [1.29, 1.82) is 0 Å². The summed E-state index contributed by atoms with van der Waals surface area (Å²) >= 11 is 1.68. The zero-order valence-electron chi connectivity index (χ0n) is 14.3. The van der Waals surface area contributed by atoms with Gasteiger partial charge >= 0.3 is 0 Å². The molecule has 7 heteroatoms. The predicted molar refractivity (Wildman–Crippen MR) is 103 cm³/mol. The summed E-state index contributed by atoms with van der Waals surface area (Å²) in [6, 6.07) is 6.42. The third-order valence-corrected chi connectivity index (χ3v) is 6.06. The lowest BCUT2D eigenvalue weighted by Gasteiger charge is -2.24. The van der Waals surface area contributed by atoms with E-state index in [0.29, 0.717) is 5.92 Å². The monoisotopic (exact) mass is 369 g/mol. The molecule has 2 aromatic rings. The third kappa shape index (κ3) is 3.10. The number of nitrogens with one attached hydrogen (secondary N) is 2. The molecule has 4 rings (SSSR count). The highest BCUT2D eigenvalue weighted by Gasteiger charge is 2.31. The van der Waals surface area contributed by atoms with Crippen molar-refractivity contribution in [3.8, 4) is 0 Å². The molecule has 1 aliphatic heterocycles. The zero-order chi connectivity index (χ0) is 18.3. The Labute approximate surface area is 155 Å². The van der Waals surface area contributed by atoms with Crippen LogP contribution in [0.2, 0.25) is 0 Å². The molecule has 1 aromatic carbocycles. The molecule has 2 atom stereocenters. The topological polar surface area (TPSA) is 84.3 Å². The maximum atomic E-state index is 12.6. The molecule has 1 aromatic heterocycles. The Balaban J connectivity index is 1.55. The number of amides is 1. The van der Waals surface area contributed by atoms with Gasteiger partial charge in [0, 0.05) is 17.0 Å². The van der Waals surface area contributed by atoms with Crippen LogP contribution < -0.4 is 10.6 Å². The molecule has 1 amide bonds. The maximum absolute atomic E-state index is 12.6. The Hall–Kier alpha value is -2.67. The Kier molecular flexibility index (Phi) is 4.24. The van der Waals surface area contributed by atoms with E-state index in [1.54, 1.807) is 29.5 Å². The van der Waals surface area contributed by atoms with Gasteiger partial charge in [0.2, 0.25) is 0 Å². The van der Waals surface area contributed by atoms with Gasteiger partial charge in [0.1, 0.15) is 11.2 Å². The van der Waals surface area contributed by atoms with E-state index < -0.39 is 4.92 Å². The van der Waals surface area contributed by atoms with Crippen LogP contribution in [-0.2, 0) is 12.8 Å². The molecule has 0 fully saturated rings. The number of nitrogens with zero attached hydrogens (tertiary/aromatic N) is 1. The highest BCUT2D eigenvalue weighted by molar-refractivity contribution is 7.16. The molecule has 0 bridgehead atoms. The molecule has 0 saturated carbocycles. The minimum Gasteiger partial charge on any atom is -0.353 e. The van der Waals surface area contributed by atoms with Gasteiger partial charge in [-0.1, -0.05) is 25.1 Å². The first-order chi connectivity index (χ1) is 12.5. The Morgan fingerprint density at radius 1 is 1.35 bits per heavy atom. The Bertz CT molecular complexity index is 919. The van der Waals surface area contributed by atoms with Gasteiger partial charge in [-0.05, 0) is 42.4 Å². The van der Waals surface area contributed by atoms with E-state index in [1.165, 1.54) is 22.6 Å². The largest absolute Gasteiger partial charge is 0.353 e. The fraction of sp³-hybridized carbons (Fsp3) is 0.316. The van der Waals surface area contributed by atoms with E-state index >= 15 is 0 Å². The second-order valence-corrected chi connectivity index (χ2v) is 7.97. The molecule has 1 aliphatic carbocycles. The molecule has 0 spiro atoms. The second-order valence-electron chi connectivity index (χ2n) is 6.86. The summed E-state index contributed by atoms with van der Waals surface area (Å²) in [7, 11) is 0. The lowest BCUT2D eigenvalue weighted by molar-refractivity contribution is -0.384. The van der Waals surface area contributed by atoms with Crippen molar-refractivity contribution in [2.45, 2.75) is 32.4 Å². The highest BCUT2D eigenvalue weighted by atomic mass is 32.1. The van der Waals surface area contributed by atoms with Gasteiger partial charge in [0.05, 0.1) is 10.5 Å². The van der Waals surface area contributed by atoms with Gasteiger partial charge in [-0.3, -0.25) is 14.9 Å². The Morgan fingerprint density at radius 2 is 2.19 bits per heavy atom. The average Bonchev–Trinajstić information content (AvgIpc) is 2.97. The maximum Gasteiger partial charge on any atom is 0.270 e. The lowest BCUT2D eigenvalue weighted by atomic mass is 9.88. The molecule has 2 aliphatic rings. The van der Waals surface area contributed by atoms with Gasteiger partial charge < -0.3 is 10.6 Å². The van der Waals surface area contributed by atoms with Crippen molar-refractivity contribution < 1.29 is 9.72 Å². The lowest BCUT2D eigenvalue weighted by Crippen LogP contribution is -2.43. The molecule has 0 unspecified atom stereocenters. The molecular weight excluding hydrogens is 350 g/mol. The summed E-state index contributed by atoms with van der Waals surface area (Å²) in [6.45, 7) is 2.25. The van der Waals surface area contributed by atoms with Crippen LogP contribution in [0.3, 0.4) is 0 Å². The van der Waals surface area contributed by atoms with Gasteiger partial charge in [-0.15, -0.1) is 11.3 Å². The fourth-order valence-electron chi connectivity index (χ4n) is 3.53. The number of thiophene rings is 1. The van der Waals surface area contributed by atoms with Crippen molar-refractivity contribution in [1.82, 2.24) is 5.32 Å².